The second-order valence-electron chi connectivity index (χ2n) is 1.35. The van der Waals surface area contributed by atoms with Gasteiger partial charge in [-0.05, 0) is 0 Å². The molecular weight excluding hydrogens is 165 g/mol. The first kappa shape index (κ1) is 12.3. The normalized spacial score (nSPS) is 6.50. The third-order valence-corrected chi connectivity index (χ3v) is 0.667. The molecule has 0 saturated carbocycles. The predicted molar refractivity (Wildman–Crippen MR) is 40.3 cm³/mol. The van der Waals surface area contributed by atoms with Crippen molar-refractivity contribution in [2.45, 2.75) is 0 Å². The minimum atomic E-state index is -0.537. The SMILES string of the molecule is [B][B]B([B])B([B])[B].[Y]. The number of rotatable bonds is 2. The van der Waals surface area contributed by atoms with Gasteiger partial charge in [0.15, 0.2) is 0 Å². The van der Waals surface area contributed by atoms with E-state index in [0.717, 1.165) is 0 Å². The smallest absolute Gasteiger partial charge is 0 e. The molecule has 0 atom stereocenters. The molecule has 0 spiro atoms. The van der Waals surface area contributed by atoms with Crippen LogP contribution in [0.25, 0.3) is 0 Å². The average molecular weight is 165 g/mol. The van der Waals surface area contributed by atoms with Crippen LogP contribution in [0.4, 0.5) is 0 Å². The Morgan fingerprint density at radius 3 is 1.50 bits per heavy atom. The summed E-state index contributed by atoms with van der Waals surface area (Å²) in [6.45, 7) is 0. The number of hydrogen-bond acceptors (Lipinski definition) is 0. The van der Waals surface area contributed by atoms with E-state index >= 15 is 0 Å². The van der Waals surface area contributed by atoms with Gasteiger partial charge in [-0.3, -0.25) is 0 Å². The molecule has 0 amide bonds. The largest absolute Gasteiger partial charge is 0 e. The van der Waals surface area contributed by atoms with Gasteiger partial charge in [0.2, 0.25) is 0 Å². The fourth-order valence-corrected chi connectivity index (χ4v) is 0.128. The zero-order valence-electron chi connectivity index (χ0n) is 4.62. The van der Waals surface area contributed by atoms with Crippen molar-refractivity contribution in [1.82, 2.24) is 0 Å². The third kappa shape index (κ3) is 5.69. The zero-order chi connectivity index (χ0) is 5.86. The Morgan fingerprint density at radius 1 is 1.12 bits per heavy atom. The van der Waals surface area contributed by atoms with Crippen LogP contribution in [0, 0.1) is 0 Å². The van der Waals surface area contributed by atoms with Crippen LogP contribution in [-0.4, -0.2) is 50.8 Å². The molecule has 0 aromatic rings. The molecule has 0 rings (SSSR count). The molecule has 0 aliphatic rings. The van der Waals surface area contributed by atoms with Crippen molar-refractivity contribution < 1.29 is 32.7 Å². The van der Waals surface area contributed by atoms with E-state index < -0.39 is 6.39 Å². The molecule has 10 radical (unpaired) electrons. The zero-order valence-corrected chi connectivity index (χ0v) is 7.46. The topological polar surface area (TPSA) is 0 Å². The van der Waals surface area contributed by atoms with Crippen LogP contribution >= 0.6 is 0 Å². The van der Waals surface area contributed by atoms with Gasteiger partial charge in [-0.1, -0.05) is 0 Å². The molecule has 0 aliphatic heterocycles. The van der Waals surface area contributed by atoms with Gasteiger partial charge in [0.05, 0.1) is 0 Å². The first-order chi connectivity index (χ1) is 3.18. The molecule has 0 aliphatic carbocycles. The van der Waals surface area contributed by atoms with Gasteiger partial charge in [0, 0.05) is 83.5 Å². The maximum Gasteiger partial charge on any atom is 0 e. The van der Waals surface area contributed by atoms with Crippen LogP contribution in [0.2, 0.25) is 0 Å². The van der Waals surface area contributed by atoms with E-state index in [4.69, 9.17) is 30.9 Å². The summed E-state index contributed by atoms with van der Waals surface area (Å²) in [5, 5.41) is 0. The number of hydrogen-bond donors (Lipinski definition) is 0. The summed E-state index contributed by atoms with van der Waals surface area (Å²) in [5.74, 6) is 0. The second kappa shape index (κ2) is 6.68. The van der Waals surface area contributed by atoms with E-state index in [1.54, 1.807) is 0 Å². The fourth-order valence-electron chi connectivity index (χ4n) is 0.128. The van der Waals surface area contributed by atoms with Gasteiger partial charge in [-0.15, -0.1) is 0 Å². The van der Waals surface area contributed by atoms with Gasteiger partial charge in [0.25, 0.3) is 0 Å². The van der Waals surface area contributed by atoms with Crippen molar-refractivity contribution >= 4 is 50.8 Å². The van der Waals surface area contributed by atoms with E-state index in [1.807, 2.05) is 0 Å². The van der Waals surface area contributed by atoms with E-state index in [9.17, 15) is 0 Å². The fraction of sp³-hybridized carbons (Fsp3) is 0. The van der Waals surface area contributed by atoms with Crippen LogP contribution in [0.15, 0.2) is 0 Å². The van der Waals surface area contributed by atoms with Crippen molar-refractivity contribution in [2.24, 2.45) is 0 Å². The summed E-state index contributed by atoms with van der Waals surface area (Å²) in [7, 11) is 21.6. The van der Waals surface area contributed by atoms with Crippen molar-refractivity contribution in [2.75, 3.05) is 0 Å². The molecule has 0 aromatic carbocycles. The molecule has 0 fully saturated rings. The molecule has 8 heteroatoms. The summed E-state index contributed by atoms with van der Waals surface area (Å²) >= 11 is 0. The third-order valence-electron chi connectivity index (χ3n) is 0.667. The molecule has 0 N–H and O–H groups in total. The maximum absolute atomic E-state index is 5.19. The van der Waals surface area contributed by atoms with E-state index in [0.29, 0.717) is 0 Å². The van der Waals surface area contributed by atoms with Crippen LogP contribution in [0.5, 0.6) is 0 Å². The standard InChI is InChI=1S/B7.Y/c1-5-7(4)6(2)3;. The van der Waals surface area contributed by atoms with Crippen molar-refractivity contribution in [3.63, 3.8) is 0 Å². The van der Waals surface area contributed by atoms with Crippen LogP contribution < -0.4 is 0 Å². The molecule has 8 heavy (non-hydrogen) atoms. The molecule has 0 bridgehead atoms. The molecule has 0 aromatic heterocycles. The monoisotopic (exact) mass is 166 g/mol. The molecule has 0 unspecified atom stereocenters. The van der Waals surface area contributed by atoms with Crippen LogP contribution in [-0.2, 0) is 32.7 Å². The summed E-state index contributed by atoms with van der Waals surface area (Å²) in [5.41, 5.74) is 0. The Labute approximate surface area is 82.9 Å². The Kier molecular flexibility index (Phi) is 10.2. The summed E-state index contributed by atoms with van der Waals surface area (Å²) < 4.78 is 0. The molecular formula is B7Y. The first-order valence-electron chi connectivity index (χ1n) is 2.00. The predicted octanol–water partition coefficient (Wildman–Crippen LogP) is -2.67. The first-order valence-corrected chi connectivity index (χ1v) is 2.00. The van der Waals surface area contributed by atoms with Crippen molar-refractivity contribution in [3.8, 4) is 0 Å². The summed E-state index contributed by atoms with van der Waals surface area (Å²) in [4.78, 5) is 0. The van der Waals surface area contributed by atoms with Crippen LogP contribution in [0.3, 0.4) is 0 Å². The molecule has 24 valence electrons. The summed E-state index contributed by atoms with van der Waals surface area (Å²) in [6, 6.07) is 0. The quantitative estimate of drug-likeness (QED) is 0.391. The Morgan fingerprint density at radius 2 is 1.50 bits per heavy atom. The average Bonchev–Trinajstić information content (AvgIpc) is 1.65. The molecule has 0 nitrogen and oxygen atoms in total. The van der Waals surface area contributed by atoms with E-state index in [2.05, 4.69) is 0 Å². The molecule has 0 saturated heterocycles. The van der Waals surface area contributed by atoms with Gasteiger partial charge < -0.3 is 0 Å². The second-order valence-corrected chi connectivity index (χ2v) is 1.35. The Balaban J connectivity index is 0. The van der Waals surface area contributed by atoms with Gasteiger partial charge >= 0.3 is 0 Å². The van der Waals surface area contributed by atoms with Gasteiger partial charge in [-0.25, -0.2) is 0 Å². The summed E-state index contributed by atoms with van der Waals surface area (Å²) in [6.07, 6.45) is -0.926. The minimum Gasteiger partial charge on any atom is 0 e. The molecule has 0 heterocycles. The van der Waals surface area contributed by atoms with Crippen molar-refractivity contribution in [1.29, 1.82) is 0 Å². The van der Waals surface area contributed by atoms with E-state index in [-0.39, 0.29) is 39.1 Å². The maximum atomic E-state index is 5.19. The van der Waals surface area contributed by atoms with Gasteiger partial charge in [0.1, 0.15) is 0 Å². The van der Waals surface area contributed by atoms with E-state index in [1.165, 1.54) is 7.06 Å². The minimum absolute atomic E-state index is 0. The Bertz CT molecular complexity index is 41.7. The van der Waals surface area contributed by atoms with Gasteiger partial charge in [-0.2, -0.15) is 0 Å². The van der Waals surface area contributed by atoms with Crippen molar-refractivity contribution in [3.05, 3.63) is 0 Å². The van der Waals surface area contributed by atoms with Crippen LogP contribution in [0.1, 0.15) is 0 Å². The Hall–Kier alpha value is 1.56.